The molecule has 0 amide bonds. The van der Waals surface area contributed by atoms with Crippen LogP contribution >= 0.6 is 0 Å². The zero-order valence-electron chi connectivity index (χ0n) is 11.7. The highest BCUT2D eigenvalue weighted by Crippen LogP contribution is 2.88. The Labute approximate surface area is 110 Å². The molecule has 3 nitrogen and oxygen atoms in total. The van der Waals surface area contributed by atoms with E-state index in [1.54, 1.807) is 6.21 Å². The van der Waals surface area contributed by atoms with E-state index in [2.05, 4.69) is 25.6 Å². The van der Waals surface area contributed by atoms with Crippen LogP contribution in [0.5, 0.6) is 0 Å². The van der Waals surface area contributed by atoms with E-state index < -0.39 is 5.60 Å². The summed E-state index contributed by atoms with van der Waals surface area (Å²) < 4.78 is 0. The molecule has 2 saturated carbocycles. The summed E-state index contributed by atoms with van der Waals surface area (Å²) in [6.07, 6.45) is 8.27. The van der Waals surface area contributed by atoms with Gasteiger partial charge in [-0.1, -0.05) is 19.9 Å². The maximum Gasteiger partial charge on any atom is 0.0690 e. The van der Waals surface area contributed by atoms with Crippen molar-refractivity contribution >= 4 is 6.21 Å². The van der Waals surface area contributed by atoms with E-state index in [4.69, 9.17) is 5.21 Å². The molecule has 2 rings (SSSR count). The highest BCUT2D eigenvalue weighted by molar-refractivity contribution is 5.76. The molecule has 0 radical (unpaired) electrons. The average molecular weight is 251 g/mol. The van der Waals surface area contributed by atoms with E-state index in [0.29, 0.717) is 0 Å². The number of unbranched alkanes of at least 4 members (excludes halogenated alkanes) is 1. The third-order valence-electron chi connectivity index (χ3n) is 6.04. The first-order chi connectivity index (χ1) is 8.33. The molecule has 2 aliphatic carbocycles. The minimum Gasteiger partial charge on any atom is -0.411 e. The lowest BCUT2D eigenvalue weighted by atomic mass is 9.76. The first-order valence-corrected chi connectivity index (χ1v) is 6.85. The third kappa shape index (κ3) is 1.21. The molecule has 0 spiro atoms. The molecule has 0 aromatic carbocycles. The molecule has 0 bridgehead atoms. The van der Waals surface area contributed by atoms with Gasteiger partial charge in [-0.15, -0.1) is 11.7 Å². The SMILES string of the molecule is C=CCCC[C@]12C(C)(C)[C@@]1(/C=N/O)CC[C@@]2(C)O. The van der Waals surface area contributed by atoms with E-state index in [1.807, 2.05) is 13.0 Å². The van der Waals surface area contributed by atoms with Crippen molar-refractivity contribution in [3.05, 3.63) is 12.7 Å². The number of fused-ring (bicyclic) bond motifs is 1. The minimum atomic E-state index is -0.668. The molecule has 3 atom stereocenters. The number of oxime groups is 1. The van der Waals surface area contributed by atoms with Gasteiger partial charge in [0.2, 0.25) is 0 Å². The Balaban J connectivity index is 2.35. The monoisotopic (exact) mass is 251 g/mol. The molecule has 2 fully saturated rings. The lowest BCUT2D eigenvalue weighted by molar-refractivity contribution is -0.0311. The van der Waals surface area contributed by atoms with Gasteiger partial charge < -0.3 is 10.3 Å². The van der Waals surface area contributed by atoms with Crippen LogP contribution in [0, 0.1) is 16.2 Å². The second-order valence-electron chi connectivity index (χ2n) is 6.70. The summed E-state index contributed by atoms with van der Waals surface area (Å²) in [5.41, 5.74) is -0.963. The van der Waals surface area contributed by atoms with Gasteiger partial charge >= 0.3 is 0 Å². The Kier molecular flexibility index (Phi) is 2.89. The molecule has 0 heterocycles. The van der Waals surface area contributed by atoms with Crippen molar-refractivity contribution in [3.63, 3.8) is 0 Å². The number of aliphatic hydroxyl groups is 1. The van der Waals surface area contributed by atoms with Crippen LogP contribution in [-0.2, 0) is 0 Å². The number of nitrogens with zero attached hydrogens (tertiary/aromatic N) is 1. The molecule has 2 aliphatic rings. The van der Waals surface area contributed by atoms with E-state index >= 15 is 0 Å². The molecule has 3 heteroatoms. The van der Waals surface area contributed by atoms with Gasteiger partial charge in [-0.3, -0.25) is 0 Å². The summed E-state index contributed by atoms with van der Waals surface area (Å²) in [5.74, 6) is 0. The van der Waals surface area contributed by atoms with E-state index in [1.165, 1.54) is 0 Å². The predicted molar refractivity (Wildman–Crippen MR) is 72.8 cm³/mol. The number of hydrogen-bond donors (Lipinski definition) is 2. The van der Waals surface area contributed by atoms with Crippen molar-refractivity contribution in [2.75, 3.05) is 0 Å². The molecule has 0 unspecified atom stereocenters. The Morgan fingerprint density at radius 1 is 1.28 bits per heavy atom. The van der Waals surface area contributed by atoms with Crippen LogP contribution in [0.15, 0.2) is 17.8 Å². The van der Waals surface area contributed by atoms with E-state index in [0.717, 1.165) is 32.1 Å². The fourth-order valence-corrected chi connectivity index (χ4v) is 5.18. The van der Waals surface area contributed by atoms with Gasteiger partial charge in [-0.05, 0) is 44.4 Å². The maximum absolute atomic E-state index is 10.8. The highest BCUT2D eigenvalue weighted by Gasteiger charge is 2.88. The van der Waals surface area contributed by atoms with Crippen molar-refractivity contribution < 1.29 is 10.3 Å². The van der Waals surface area contributed by atoms with Gasteiger partial charge in [0.1, 0.15) is 0 Å². The maximum atomic E-state index is 10.8. The molecule has 18 heavy (non-hydrogen) atoms. The highest BCUT2D eigenvalue weighted by atomic mass is 16.4. The van der Waals surface area contributed by atoms with Crippen LogP contribution in [0.3, 0.4) is 0 Å². The Hall–Kier alpha value is -0.830. The van der Waals surface area contributed by atoms with Crippen LogP contribution < -0.4 is 0 Å². The second kappa shape index (κ2) is 3.83. The van der Waals surface area contributed by atoms with Crippen molar-refractivity contribution in [1.82, 2.24) is 0 Å². The van der Waals surface area contributed by atoms with Gasteiger partial charge in [-0.2, -0.15) is 0 Å². The fourth-order valence-electron chi connectivity index (χ4n) is 5.18. The lowest BCUT2D eigenvalue weighted by Crippen LogP contribution is -2.37. The molecule has 102 valence electrons. The van der Waals surface area contributed by atoms with Gasteiger partial charge in [0, 0.05) is 10.8 Å². The smallest absolute Gasteiger partial charge is 0.0690 e. The largest absolute Gasteiger partial charge is 0.411 e. The normalized spacial score (nSPS) is 45.1. The first kappa shape index (κ1) is 13.6. The summed E-state index contributed by atoms with van der Waals surface area (Å²) in [6.45, 7) is 10.1. The van der Waals surface area contributed by atoms with Crippen molar-refractivity contribution in [2.24, 2.45) is 21.4 Å². The van der Waals surface area contributed by atoms with Crippen LogP contribution in [0.25, 0.3) is 0 Å². The second-order valence-corrected chi connectivity index (χ2v) is 6.70. The average Bonchev–Trinajstić information content (AvgIpc) is 2.55. The fraction of sp³-hybridized carbons (Fsp3) is 0.800. The minimum absolute atomic E-state index is 0.00481. The summed E-state index contributed by atoms with van der Waals surface area (Å²) >= 11 is 0. The van der Waals surface area contributed by atoms with Gasteiger partial charge in [0.05, 0.1) is 11.8 Å². The van der Waals surface area contributed by atoms with Gasteiger partial charge in [0.25, 0.3) is 0 Å². The molecule has 0 aliphatic heterocycles. The van der Waals surface area contributed by atoms with E-state index in [9.17, 15) is 5.11 Å². The third-order valence-corrected chi connectivity index (χ3v) is 6.04. The van der Waals surface area contributed by atoms with Gasteiger partial charge in [0.15, 0.2) is 0 Å². The molecule has 0 saturated heterocycles. The molecular weight excluding hydrogens is 226 g/mol. The van der Waals surface area contributed by atoms with Crippen molar-refractivity contribution in [2.45, 2.75) is 58.5 Å². The number of hydrogen-bond acceptors (Lipinski definition) is 3. The summed E-state index contributed by atoms with van der Waals surface area (Å²) in [6, 6.07) is 0. The predicted octanol–water partition coefficient (Wildman–Crippen LogP) is 3.36. The zero-order valence-corrected chi connectivity index (χ0v) is 11.7. The summed E-state index contributed by atoms with van der Waals surface area (Å²) in [4.78, 5) is 0. The van der Waals surface area contributed by atoms with Crippen LogP contribution in [0.2, 0.25) is 0 Å². The molecule has 2 N–H and O–H groups in total. The zero-order chi connectivity index (χ0) is 13.7. The molecular formula is C15H25NO2. The van der Waals surface area contributed by atoms with Crippen LogP contribution in [-0.4, -0.2) is 22.1 Å². The van der Waals surface area contributed by atoms with Gasteiger partial charge in [-0.25, -0.2) is 0 Å². The topological polar surface area (TPSA) is 52.8 Å². The number of rotatable bonds is 5. The van der Waals surface area contributed by atoms with E-state index in [-0.39, 0.29) is 16.2 Å². The van der Waals surface area contributed by atoms with Crippen molar-refractivity contribution in [1.29, 1.82) is 0 Å². The first-order valence-electron chi connectivity index (χ1n) is 6.85. The lowest BCUT2D eigenvalue weighted by Gasteiger charge is -2.34. The Bertz CT molecular complexity index is 386. The van der Waals surface area contributed by atoms with Crippen LogP contribution in [0.1, 0.15) is 52.9 Å². The molecule has 0 aromatic heterocycles. The summed E-state index contributed by atoms with van der Waals surface area (Å²) in [7, 11) is 0. The Morgan fingerprint density at radius 3 is 2.50 bits per heavy atom. The van der Waals surface area contributed by atoms with Crippen LogP contribution in [0.4, 0.5) is 0 Å². The summed E-state index contributed by atoms with van der Waals surface area (Å²) in [5, 5.41) is 23.1. The molecule has 0 aromatic rings. The quantitative estimate of drug-likeness (QED) is 0.259. The number of allylic oxidation sites excluding steroid dienone is 1. The Morgan fingerprint density at radius 2 is 1.94 bits per heavy atom. The van der Waals surface area contributed by atoms with Crippen molar-refractivity contribution in [3.8, 4) is 0 Å². The standard InChI is InChI=1S/C15H25NO2/c1-5-6-7-8-15-12(2,3)14(15,11-16-18)10-9-13(15,4)17/h5,11,17-18H,1,6-10H2,2-4H3/b16-11+/t13-,14+,15-/m1/s1.